The minimum absolute atomic E-state index is 0.506. The zero-order valence-corrected chi connectivity index (χ0v) is 9.29. The third-order valence-electron chi connectivity index (χ3n) is 2.92. The average molecular weight is 244 g/mol. The van der Waals surface area contributed by atoms with Crippen molar-refractivity contribution in [2.45, 2.75) is 32.2 Å². The van der Waals surface area contributed by atoms with E-state index in [0.29, 0.717) is 12.0 Å². The van der Waals surface area contributed by atoms with E-state index in [4.69, 9.17) is 5.73 Å². The maximum Gasteiger partial charge on any atom is 0.136 e. The number of nitrogens with two attached hydrogens (primary N) is 1. The van der Waals surface area contributed by atoms with Gasteiger partial charge in [-0.3, -0.25) is 0 Å². The standard InChI is InChI=1S/C9H14BrN3/c1-6-3-2-4-8(6)13-9(11)7(10)5-12-13/h5-6,8H,2-4,11H2,1H3. The van der Waals surface area contributed by atoms with Gasteiger partial charge in [0.2, 0.25) is 0 Å². The summed E-state index contributed by atoms with van der Waals surface area (Å²) in [6.45, 7) is 2.27. The van der Waals surface area contributed by atoms with Crippen molar-refractivity contribution in [3.63, 3.8) is 0 Å². The molecule has 1 saturated carbocycles. The molecule has 1 aliphatic rings. The molecule has 0 aromatic carbocycles. The zero-order valence-electron chi connectivity index (χ0n) is 7.70. The molecule has 2 atom stereocenters. The maximum absolute atomic E-state index is 5.90. The van der Waals surface area contributed by atoms with E-state index >= 15 is 0 Å². The lowest BCUT2D eigenvalue weighted by Crippen LogP contribution is -2.15. The maximum atomic E-state index is 5.90. The highest BCUT2D eigenvalue weighted by atomic mass is 79.9. The molecule has 1 fully saturated rings. The molecule has 0 bridgehead atoms. The Balaban J connectivity index is 2.29. The first-order valence-electron chi connectivity index (χ1n) is 4.68. The van der Waals surface area contributed by atoms with Crippen LogP contribution in [0.2, 0.25) is 0 Å². The van der Waals surface area contributed by atoms with Crippen molar-refractivity contribution in [1.29, 1.82) is 0 Å². The van der Waals surface area contributed by atoms with Gasteiger partial charge >= 0.3 is 0 Å². The summed E-state index contributed by atoms with van der Waals surface area (Å²) in [5.41, 5.74) is 5.90. The Morgan fingerprint density at radius 3 is 2.85 bits per heavy atom. The van der Waals surface area contributed by atoms with Crippen LogP contribution in [-0.4, -0.2) is 9.78 Å². The van der Waals surface area contributed by atoms with Crippen molar-refractivity contribution in [3.05, 3.63) is 10.7 Å². The van der Waals surface area contributed by atoms with E-state index in [1.807, 2.05) is 4.68 Å². The average Bonchev–Trinajstić information content (AvgIpc) is 2.62. The Morgan fingerprint density at radius 2 is 2.38 bits per heavy atom. The molecule has 1 aromatic heterocycles. The molecule has 4 heteroatoms. The van der Waals surface area contributed by atoms with Crippen LogP contribution in [0.15, 0.2) is 10.7 Å². The molecule has 0 amide bonds. The van der Waals surface area contributed by atoms with Gasteiger partial charge in [0.15, 0.2) is 0 Å². The molecule has 0 radical (unpaired) electrons. The minimum atomic E-state index is 0.506. The smallest absolute Gasteiger partial charge is 0.136 e. The summed E-state index contributed by atoms with van der Waals surface area (Å²) in [5, 5.41) is 4.29. The van der Waals surface area contributed by atoms with Gasteiger partial charge in [-0.1, -0.05) is 13.3 Å². The molecule has 1 aromatic rings. The van der Waals surface area contributed by atoms with Crippen LogP contribution in [0.4, 0.5) is 5.82 Å². The molecule has 1 heterocycles. The van der Waals surface area contributed by atoms with Gasteiger partial charge in [0.25, 0.3) is 0 Å². The second-order valence-corrected chi connectivity index (χ2v) is 4.65. The molecule has 1 aliphatic carbocycles. The second kappa shape index (κ2) is 3.33. The summed E-state index contributed by atoms with van der Waals surface area (Å²) in [4.78, 5) is 0. The molecule has 0 saturated heterocycles. The van der Waals surface area contributed by atoms with Gasteiger partial charge in [0.1, 0.15) is 5.82 Å². The number of aromatic nitrogens is 2. The molecular weight excluding hydrogens is 230 g/mol. The number of hydrogen-bond donors (Lipinski definition) is 1. The van der Waals surface area contributed by atoms with Crippen LogP contribution in [0, 0.1) is 5.92 Å². The lowest BCUT2D eigenvalue weighted by atomic mass is 10.1. The van der Waals surface area contributed by atoms with Crippen LogP contribution in [0.3, 0.4) is 0 Å². The van der Waals surface area contributed by atoms with E-state index in [2.05, 4.69) is 28.0 Å². The Labute approximate surface area is 86.4 Å². The Kier molecular flexibility index (Phi) is 2.32. The van der Waals surface area contributed by atoms with Crippen LogP contribution < -0.4 is 5.73 Å². The Bertz CT molecular complexity index is 308. The lowest BCUT2D eigenvalue weighted by Gasteiger charge is -2.17. The number of hydrogen-bond acceptors (Lipinski definition) is 2. The second-order valence-electron chi connectivity index (χ2n) is 3.80. The van der Waals surface area contributed by atoms with Crippen LogP contribution in [0.25, 0.3) is 0 Å². The third-order valence-corrected chi connectivity index (χ3v) is 3.53. The number of nitrogens with zero attached hydrogens (tertiary/aromatic N) is 2. The van der Waals surface area contributed by atoms with Gasteiger partial charge in [-0.25, -0.2) is 4.68 Å². The Hall–Kier alpha value is -0.510. The summed E-state index contributed by atoms with van der Waals surface area (Å²) in [6.07, 6.45) is 5.57. The largest absolute Gasteiger partial charge is 0.383 e. The highest BCUT2D eigenvalue weighted by Gasteiger charge is 2.27. The predicted octanol–water partition coefficient (Wildman–Crippen LogP) is 2.59. The van der Waals surface area contributed by atoms with E-state index in [9.17, 15) is 0 Å². The van der Waals surface area contributed by atoms with Crippen LogP contribution in [-0.2, 0) is 0 Å². The zero-order chi connectivity index (χ0) is 9.42. The first-order chi connectivity index (χ1) is 6.20. The van der Waals surface area contributed by atoms with Gasteiger partial charge in [-0.2, -0.15) is 5.10 Å². The topological polar surface area (TPSA) is 43.8 Å². The van der Waals surface area contributed by atoms with Crippen molar-refractivity contribution in [3.8, 4) is 0 Å². The van der Waals surface area contributed by atoms with Gasteiger partial charge in [0.05, 0.1) is 16.7 Å². The highest BCUT2D eigenvalue weighted by Crippen LogP contribution is 2.37. The Morgan fingerprint density at radius 1 is 1.62 bits per heavy atom. The molecule has 0 spiro atoms. The van der Waals surface area contributed by atoms with E-state index < -0.39 is 0 Å². The SMILES string of the molecule is CC1CCCC1n1ncc(Br)c1N. The summed E-state index contributed by atoms with van der Waals surface area (Å²) in [7, 11) is 0. The number of halogens is 1. The van der Waals surface area contributed by atoms with Crippen LogP contribution in [0.1, 0.15) is 32.2 Å². The van der Waals surface area contributed by atoms with E-state index in [1.165, 1.54) is 19.3 Å². The first kappa shape index (κ1) is 9.06. The molecule has 2 unspecified atom stereocenters. The third kappa shape index (κ3) is 1.47. The van der Waals surface area contributed by atoms with Crippen molar-refractivity contribution in [2.75, 3.05) is 5.73 Å². The van der Waals surface area contributed by atoms with E-state index in [0.717, 1.165) is 10.3 Å². The fourth-order valence-corrected chi connectivity index (χ4v) is 2.38. The van der Waals surface area contributed by atoms with Crippen molar-refractivity contribution >= 4 is 21.7 Å². The summed E-state index contributed by atoms with van der Waals surface area (Å²) >= 11 is 3.37. The quantitative estimate of drug-likeness (QED) is 0.825. The molecule has 72 valence electrons. The van der Waals surface area contributed by atoms with E-state index in [1.54, 1.807) is 6.20 Å². The van der Waals surface area contributed by atoms with Gasteiger partial charge in [-0.05, 0) is 34.7 Å². The van der Waals surface area contributed by atoms with Gasteiger partial charge < -0.3 is 5.73 Å². The van der Waals surface area contributed by atoms with Gasteiger partial charge in [-0.15, -0.1) is 0 Å². The number of nitrogen functional groups attached to an aromatic ring is 1. The van der Waals surface area contributed by atoms with Crippen molar-refractivity contribution in [1.82, 2.24) is 9.78 Å². The highest BCUT2D eigenvalue weighted by molar-refractivity contribution is 9.10. The molecule has 3 nitrogen and oxygen atoms in total. The van der Waals surface area contributed by atoms with Crippen LogP contribution in [0.5, 0.6) is 0 Å². The fraction of sp³-hybridized carbons (Fsp3) is 0.667. The van der Waals surface area contributed by atoms with Crippen LogP contribution >= 0.6 is 15.9 Å². The summed E-state index contributed by atoms with van der Waals surface area (Å²) < 4.78 is 2.87. The van der Waals surface area contributed by atoms with Crippen molar-refractivity contribution < 1.29 is 0 Å². The minimum Gasteiger partial charge on any atom is -0.383 e. The fourth-order valence-electron chi connectivity index (χ4n) is 2.10. The number of anilines is 1. The molecular formula is C9H14BrN3. The van der Waals surface area contributed by atoms with E-state index in [-0.39, 0.29) is 0 Å². The normalized spacial score (nSPS) is 28.2. The molecule has 2 rings (SSSR count). The molecule has 0 aliphatic heterocycles. The molecule has 13 heavy (non-hydrogen) atoms. The summed E-state index contributed by atoms with van der Waals surface area (Å²) in [5.74, 6) is 1.47. The first-order valence-corrected chi connectivity index (χ1v) is 5.48. The lowest BCUT2D eigenvalue weighted by molar-refractivity contribution is 0.379. The van der Waals surface area contributed by atoms with Gasteiger partial charge in [0, 0.05) is 0 Å². The predicted molar refractivity (Wildman–Crippen MR) is 56.4 cm³/mol. The monoisotopic (exact) mass is 243 g/mol. The number of rotatable bonds is 1. The molecule has 2 N–H and O–H groups in total. The van der Waals surface area contributed by atoms with Crippen molar-refractivity contribution in [2.24, 2.45) is 5.92 Å². The summed E-state index contributed by atoms with van der Waals surface area (Å²) in [6, 6.07) is 0.506.